The SMILES string of the molecule is CSOB(O)Oc1ccccc1. The van der Waals surface area contributed by atoms with Crippen LogP contribution in [0.3, 0.4) is 0 Å². The maximum atomic E-state index is 9.04. The van der Waals surface area contributed by atoms with Gasteiger partial charge in [-0.3, -0.25) is 0 Å². The summed E-state index contributed by atoms with van der Waals surface area (Å²) in [6.45, 7) is 0. The van der Waals surface area contributed by atoms with Crippen LogP contribution in [0.1, 0.15) is 0 Å². The first-order valence-corrected chi connectivity index (χ1v) is 4.57. The van der Waals surface area contributed by atoms with Crippen LogP contribution in [-0.2, 0) is 4.10 Å². The highest BCUT2D eigenvalue weighted by atomic mass is 32.2. The normalized spacial score (nSPS) is 9.50. The van der Waals surface area contributed by atoms with Crippen LogP contribution < -0.4 is 4.65 Å². The molecular formula is C7H9BO3S. The lowest BCUT2D eigenvalue weighted by atomic mass is 10.2. The summed E-state index contributed by atoms with van der Waals surface area (Å²) in [6, 6.07) is 9.00. The Kier molecular flexibility index (Phi) is 4.00. The molecule has 12 heavy (non-hydrogen) atoms. The van der Waals surface area contributed by atoms with Crippen LogP contribution in [0.4, 0.5) is 0 Å². The second-order valence-electron chi connectivity index (χ2n) is 2.00. The summed E-state index contributed by atoms with van der Waals surface area (Å²) in [5, 5.41) is 9.04. The lowest BCUT2D eigenvalue weighted by molar-refractivity contribution is 0.318. The van der Waals surface area contributed by atoms with Gasteiger partial charge in [0, 0.05) is 6.26 Å². The monoisotopic (exact) mass is 184 g/mol. The van der Waals surface area contributed by atoms with Crippen molar-refractivity contribution in [1.29, 1.82) is 0 Å². The standard InChI is InChI=1S/C7H9BO3S/c1-12-11-8(9)10-7-5-3-2-4-6-7/h2-6,9H,1H3. The molecule has 0 aliphatic rings. The summed E-state index contributed by atoms with van der Waals surface area (Å²) >= 11 is 1.05. The minimum atomic E-state index is -1.21. The third-order valence-electron chi connectivity index (χ3n) is 1.16. The Bertz CT molecular complexity index is 219. The summed E-state index contributed by atoms with van der Waals surface area (Å²) in [5.41, 5.74) is 0. The lowest BCUT2D eigenvalue weighted by Crippen LogP contribution is -2.22. The highest BCUT2D eigenvalue weighted by molar-refractivity contribution is 7.94. The zero-order valence-corrected chi connectivity index (χ0v) is 7.45. The van der Waals surface area contributed by atoms with E-state index in [-0.39, 0.29) is 0 Å². The highest BCUT2D eigenvalue weighted by Crippen LogP contribution is 2.10. The third-order valence-corrected chi connectivity index (χ3v) is 1.52. The molecule has 0 aliphatic heterocycles. The van der Waals surface area contributed by atoms with E-state index in [2.05, 4.69) is 0 Å². The third kappa shape index (κ3) is 3.17. The van der Waals surface area contributed by atoms with Gasteiger partial charge in [0.05, 0.1) is 0 Å². The molecule has 0 bridgehead atoms. The zero-order chi connectivity index (χ0) is 8.81. The van der Waals surface area contributed by atoms with Crippen LogP contribution in [0.2, 0.25) is 0 Å². The van der Waals surface area contributed by atoms with Crippen molar-refractivity contribution >= 4 is 19.4 Å². The predicted octanol–water partition coefficient (Wildman–Crippen LogP) is 1.34. The second kappa shape index (κ2) is 5.08. The van der Waals surface area contributed by atoms with Gasteiger partial charge in [0.25, 0.3) is 0 Å². The van der Waals surface area contributed by atoms with Gasteiger partial charge in [-0.15, -0.1) is 0 Å². The molecule has 0 unspecified atom stereocenters. The fourth-order valence-corrected chi connectivity index (χ4v) is 0.921. The molecule has 0 saturated heterocycles. The molecule has 0 radical (unpaired) electrons. The minimum absolute atomic E-state index is 0.582. The van der Waals surface area contributed by atoms with Gasteiger partial charge in [-0.1, -0.05) is 18.2 Å². The van der Waals surface area contributed by atoms with Crippen LogP contribution in [0, 0.1) is 0 Å². The Hall–Kier alpha value is -0.645. The Morgan fingerprint density at radius 3 is 2.58 bits per heavy atom. The smallest absolute Gasteiger partial charge is 0.511 e. The summed E-state index contributed by atoms with van der Waals surface area (Å²) in [6.07, 6.45) is 1.71. The molecule has 0 atom stereocenters. The van der Waals surface area contributed by atoms with Gasteiger partial charge in [-0.25, -0.2) is 0 Å². The number of para-hydroxylation sites is 1. The van der Waals surface area contributed by atoms with Crippen LogP contribution in [0.15, 0.2) is 30.3 Å². The molecule has 1 rings (SSSR count). The van der Waals surface area contributed by atoms with Gasteiger partial charge < -0.3 is 13.8 Å². The Balaban J connectivity index is 2.41. The molecule has 64 valence electrons. The van der Waals surface area contributed by atoms with Gasteiger partial charge in [0.2, 0.25) is 0 Å². The van der Waals surface area contributed by atoms with Crippen LogP contribution in [0.5, 0.6) is 5.75 Å². The van der Waals surface area contributed by atoms with Crippen molar-refractivity contribution in [2.45, 2.75) is 0 Å². The lowest BCUT2D eigenvalue weighted by Gasteiger charge is -2.06. The van der Waals surface area contributed by atoms with E-state index in [0.717, 1.165) is 12.0 Å². The largest absolute Gasteiger partial charge is 0.722 e. The molecule has 0 saturated carbocycles. The number of benzene rings is 1. The van der Waals surface area contributed by atoms with Crippen molar-refractivity contribution in [3.05, 3.63) is 30.3 Å². The quantitative estimate of drug-likeness (QED) is 0.566. The van der Waals surface area contributed by atoms with Gasteiger partial charge in [0.15, 0.2) is 0 Å². The van der Waals surface area contributed by atoms with Gasteiger partial charge in [-0.2, -0.15) is 0 Å². The fraction of sp³-hybridized carbons (Fsp3) is 0.143. The molecule has 1 N–H and O–H groups in total. The Morgan fingerprint density at radius 1 is 1.33 bits per heavy atom. The molecule has 0 spiro atoms. The molecule has 5 heteroatoms. The molecule has 0 fully saturated rings. The van der Waals surface area contributed by atoms with Crippen molar-refractivity contribution in [3.8, 4) is 5.75 Å². The Morgan fingerprint density at radius 2 is 2.00 bits per heavy atom. The predicted molar refractivity (Wildman–Crippen MR) is 49.6 cm³/mol. The zero-order valence-electron chi connectivity index (χ0n) is 6.64. The van der Waals surface area contributed by atoms with E-state index in [0.29, 0.717) is 5.75 Å². The van der Waals surface area contributed by atoms with E-state index in [9.17, 15) is 0 Å². The molecule has 0 heterocycles. The highest BCUT2D eigenvalue weighted by Gasteiger charge is 2.17. The number of hydrogen-bond donors (Lipinski definition) is 1. The molecule has 3 nitrogen and oxygen atoms in total. The fourth-order valence-electron chi connectivity index (χ4n) is 0.717. The van der Waals surface area contributed by atoms with E-state index in [1.165, 1.54) is 0 Å². The van der Waals surface area contributed by atoms with E-state index in [4.69, 9.17) is 13.8 Å². The van der Waals surface area contributed by atoms with Gasteiger partial charge in [0.1, 0.15) is 5.75 Å². The first kappa shape index (κ1) is 9.44. The van der Waals surface area contributed by atoms with Crippen molar-refractivity contribution in [1.82, 2.24) is 0 Å². The van der Waals surface area contributed by atoms with Gasteiger partial charge >= 0.3 is 7.32 Å². The summed E-state index contributed by atoms with van der Waals surface area (Å²) in [5.74, 6) is 0.582. The molecule has 0 aliphatic carbocycles. The second-order valence-corrected chi connectivity index (χ2v) is 2.53. The molecule has 1 aromatic rings. The Labute approximate surface area is 76.1 Å². The van der Waals surface area contributed by atoms with E-state index >= 15 is 0 Å². The van der Waals surface area contributed by atoms with Gasteiger partial charge in [-0.05, 0) is 24.2 Å². The first-order valence-electron chi connectivity index (χ1n) is 3.42. The van der Waals surface area contributed by atoms with Crippen molar-refractivity contribution in [2.24, 2.45) is 0 Å². The van der Waals surface area contributed by atoms with Crippen LogP contribution in [-0.4, -0.2) is 18.6 Å². The summed E-state index contributed by atoms with van der Waals surface area (Å²) in [7, 11) is -1.21. The summed E-state index contributed by atoms with van der Waals surface area (Å²) < 4.78 is 9.66. The van der Waals surface area contributed by atoms with E-state index in [1.807, 2.05) is 18.2 Å². The average molecular weight is 184 g/mol. The topological polar surface area (TPSA) is 38.7 Å². The molecule has 0 amide bonds. The molecule has 1 aromatic carbocycles. The van der Waals surface area contributed by atoms with Crippen LogP contribution >= 0.6 is 12.0 Å². The average Bonchev–Trinajstić information content (AvgIpc) is 2.06. The van der Waals surface area contributed by atoms with Crippen LogP contribution in [0.25, 0.3) is 0 Å². The maximum absolute atomic E-state index is 9.04. The maximum Gasteiger partial charge on any atom is 0.722 e. The summed E-state index contributed by atoms with van der Waals surface area (Å²) in [4.78, 5) is 0. The van der Waals surface area contributed by atoms with E-state index < -0.39 is 7.32 Å². The minimum Gasteiger partial charge on any atom is -0.511 e. The first-order chi connectivity index (χ1) is 5.83. The molecular weight excluding hydrogens is 175 g/mol. The number of hydrogen-bond acceptors (Lipinski definition) is 4. The van der Waals surface area contributed by atoms with Crippen molar-refractivity contribution in [2.75, 3.05) is 6.26 Å². The van der Waals surface area contributed by atoms with E-state index in [1.54, 1.807) is 18.4 Å². The van der Waals surface area contributed by atoms with Crippen molar-refractivity contribution in [3.63, 3.8) is 0 Å². The molecule has 0 aromatic heterocycles. The number of rotatable bonds is 4. The van der Waals surface area contributed by atoms with Crippen molar-refractivity contribution < 1.29 is 13.8 Å².